The van der Waals surface area contributed by atoms with E-state index in [-0.39, 0.29) is 10.5 Å². The van der Waals surface area contributed by atoms with Crippen LogP contribution in [-0.2, 0) is 10.1 Å². The fraction of sp³-hybridized carbons (Fsp3) is 0.143. The second kappa shape index (κ2) is 6.74. The SMILES string of the molecule is COc1ncc(Cl)c2c1c(OS(=O)(=O)C(F)(F)F)nn2-c1c(F)cccc1F. The molecular weight excluding hydrogens is 437 g/mol. The third-order valence-electron chi connectivity index (χ3n) is 3.40. The Hall–Kier alpha value is -2.67. The first-order chi connectivity index (χ1) is 13.0. The molecular formula is C14H7ClF5N3O4S. The van der Waals surface area contributed by atoms with E-state index in [9.17, 15) is 30.4 Å². The summed E-state index contributed by atoms with van der Waals surface area (Å²) in [6, 6.07) is 2.74. The molecule has 0 fully saturated rings. The maximum absolute atomic E-state index is 14.2. The van der Waals surface area contributed by atoms with Gasteiger partial charge >= 0.3 is 15.6 Å². The molecule has 0 aliphatic rings. The molecule has 14 heteroatoms. The van der Waals surface area contributed by atoms with Crippen LogP contribution in [0.15, 0.2) is 24.4 Å². The van der Waals surface area contributed by atoms with E-state index >= 15 is 0 Å². The zero-order valence-corrected chi connectivity index (χ0v) is 15.0. The molecule has 0 amide bonds. The minimum atomic E-state index is -6.16. The third-order valence-corrected chi connectivity index (χ3v) is 4.62. The normalized spacial score (nSPS) is 12.4. The van der Waals surface area contributed by atoms with Gasteiger partial charge in [-0.3, -0.25) is 0 Å². The Labute approximate surface area is 158 Å². The summed E-state index contributed by atoms with van der Waals surface area (Å²) in [5.74, 6) is -3.92. The molecule has 0 N–H and O–H groups in total. The highest BCUT2D eigenvalue weighted by molar-refractivity contribution is 7.88. The van der Waals surface area contributed by atoms with E-state index in [0.29, 0.717) is 4.68 Å². The van der Waals surface area contributed by atoms with Crippen molar-refractivity contribution in [3.8, 4) is 17.4 Å². The highest BCUT2D eigenvalue weighted by Gasteiger charge is 2.49. The number of nitrogens with zero attached hydrogens (tertiary/aromatic N) is 3. The lowest BCUT2D eigenvalue weighted by Crippen LogP contribution is -2.28. The molecule has 2 heterocycles. The molecule has 0 aliphatic carbocycles. The van der Waals surface area contributed by atoms with Crippen molar-refractivity contribution in [3.05, 3.63) is 41.1 Å². The highest BCUT2D eigenvalue weighted by atomic mass is 35.5. The molecule has 2 aromatic heterocycles. The van der Waals surface area contributed by atoms with Gasteiger partial charge in [0.1, 0.15) is 16.6 Å². The van der Waals surface area contributed by atoms with Crippen molar-refractivity contribution in [2.24, 2.45) is 0 Å². The van der Waals surface area contributed by atoms with Crippen LogP contribution in [-0.4, -0.2) is 35.8 Å². The zero-order chi connectivity index (χ0) is 20.9. The van der Waals surface area contributed by atoms with Crippen molar-refractivity contribution >= 4 is 32.6 Å². The molecule has 0 bridgehead atoms. The largest absolute Gasteiger partial charge is 0.534 e. The van der Waals surface area contributed by atoms with E-state index in [2.05, 4.69) is 14.3 Å². The second-order valence-corrected chi connectivity index (χ2v) is 7.05. The van der Waals surface area contributed by atoms with Gasteiger partial charge in [-0.15, -0.1) is 5.10 Å². The van der Waals surface area contributed by atoms with Crippen molar-refractivity contribution in [2.45, 2.75) is 5.51 Å². The van der Waals surface area contributed by atoms with E-state index < -0.39 is 50.1 Å². The van der Waals surface area contributed by atoms with E-state index in [0.717, 1.165) is 31.5 Å². The van der Waals surface area contributed by atoms with E-state index in [1.807, 2.05) is 0 Å². The number of ether oxygens (including phenoxy) is 1. The Morgan fingerprint density at radius 3 is 2.29 bits per heavy atom. The van der Waals surface area contributed by atoms with Gasteiger partial charge in [0.25, 0.3) is 5.88 Å². The number of benzene rings is 1. The van der Waals surface area contributed by atoms with Crippen LogP contribution in [0.25, 0.3) is 16.6 Å². The van der Waals surface area contributed by atoms with Crippen LogP contribution in [0.2, 0.25) is 5.02 Å². The summed E-state index contributed by atoms with van der Waals surface area (Å²) in [4.78, 5) is 3.68. The number of aromatic nitrogens is 3. The molecule has 0 spiro atoms. The lowest BCUT2D eigenvalue weighted by Gasteiger charge is -2.08. The number of hydrogen-bond acceptors (Lipinski definition) is 6. The molecule has 0 radical (unpaired) electrons. The molecule has 28 heavy (non-hydrogen) atoms. The molecule has 1 aromatic carbocycles. The van der Waals surface area contributed by atoms with Gasteiger partial charge in [0.15, 0.2) is 11.6 Å². The monoisotopic (exact) mass is 443 g/mol. The Morgan fingerprint density at radius 1 is 1.14 bits per heavy atom. The van der Waals surface area contributed by atoms with Crippen LogP contribution in [0, 0.1) is 11.6 Å². The number of rotatable bonds is 4. The maximum atomic E-state index is 14.2. The first-order valence-electron chi connectivity index (χ1n) is 7.04. The number of halogens is 6. The molecule has 7 nitrogen and oxygen atoms in total. The predicted molar refractivity (Wildman–Crippen MR) is 85.9 cm³/mol. The molecule has 3 aromatic rings. The molecule has 3 rings (SSSR count). The summed E-state index contributed by atoms with van der Waals surface area (Å²) in [6.45, 7) is 0. The van der Waals surface area contributed by atoms with Crippen LogP contribution in [0.3, 0.4) is 0 Å². The molecule has 0 aliphatic heterocycles. The van der Waals surface area contributed by atoms with Crippen LogP contribution >= 0.6 is 11.6 Å². The zero-order valence-electron chi connectivity index (χ0n) is 13.5. The van der Waals surface area contributed by atoms with Crippen LogP contribution in [0.4, 0.5) is 22.0 Å². The van der Waals surface area contributed by atoms with Gasteiger partial charge < -0.3 is 8.92 Å². The molecule has 150 valence electrons. The van der Waals surface area contributed by atoms with E-state index in [4.69, 9.17) is 16.3 Å². The summed E-state index contributed by atoms with van der Waals surface area (Å²) in [7, 11) is -5.09. The number of hydrogen-bond donors (Lipinski definition) is 0. The number of para-hydroxylation sites is 1. The van der Waals surface area contributed by atoms with Gasteiger partial charge in [0.05, 0.1) is 18.3 Å². The summed E-state index contributed by atoms with van der Waals surface area (Å²) < 4.78 is 98.6. The topological polar surface area (TPSA) is 83.3 Å². The lowest BCUT2D eigenvalue weighted by molar-refractivity contribution is -0.0501. The first-order valence-corrected chi connectivity index (χ1v) is 8.83. The minimum absolute atomic E-state index is 0.315. The Balaban J connectivity index is 2.40. The van der Waals surface area contributed by atoms with Crippen LogP contribution in [0.5, 0.6) is 11.8 Å². The van der Waals surface area contributed by atoms with Gasteiger partial charge in [-0.25, -0.2) is 18.4 Å². The first kappa shape index (κ1) is 20.1. The van der Waals surface area contributed by atoms with Gasteiger partial charge in [-0.1, -0.05) is 17.7 Å². The van der Waals surface area contributed by atoms with E-state index in [1.54, 1.807) is 0 Å². The van der Waals surface area contributed by atoms with Gasteiger partial charge in [-0.2, -0.15) is 21.6 Å². The average Bonchev–Trinajstić information content (AvgIpc) is 2.93. The number of methoxy groups -OCH3 is 1. The minimum Gasteiger partial charge on any atom is -0.480 e. The maximum Gasteiger partial charge on any atom is 0.534 e. The fourth-order valence-corrected chi connectivity index (χ4v) is 2.91. The number of alkyl halides is 3. The predicted octanol–water partition coefficient (Wildman–Crippen LogP) is 3.59. The second-order valence-electron chi connectivity index (χ2n) is 5.11. The van der Waals surface area contributed by atoms with Crippen LogP contribution < -0.4 is 8.92 Å². The number of fused-ring (bicyclic) bond motifs is 1. The van der Waals surface area contributed by atoms with Crippen LogP contribution in [0.1, 0.15) is 0 Å². The summed E-state index contributed by atoms with van der Waals surface area (Å²) >= 11 is 5.97. The summed E-state index contributed by atoms with van der Waals surface area (Å²) in [5, 5.41) is 2.63. The van der Waals surface area contributed by atoms with Crippen molar-refractivity contribution < 1.29 is 39.3 Å². The third kappa shape index (κ3) is 3.20. The van der Waals surface area contributed by atoms with Crippen molar-refractivity contribution in [1.82, 2.24) is 14.8 Å². The van der Waals surface area contributed by atoms with Gasteiger partial charge in [-0.05, 0) is 12.1 Å². The molecule has 0 unspecified atom stereocenters. The average molecular weight is 444 g/mol. The van der Waals surface area contributed by atoms with Crippen molar-refractivity contribution in [2.75, 3.05) is 7.11 Å². The molecule has 0 atom stereocenters. The Kier molecular flexibility index (Phi) is 4.83. The lowest BCUT2D eigenvalue weighted by atomic mass is 10.2. The number of pyridine rings is 1. The van der Waals surface area contributed by atoms with Gasteiger partial charge in [0.2, 0.25) is 5.88 Å². The van der Waals surface area contributed by atoms with Gasteiger partial charge in [0, 0.05) is 0 Å². The summed E-state index contributed by atoms with van der Waals surface area (Å²) in [5.41, 5.74) is -7.00. The van der Waals surface area contributed by atoms with Crippen molar-refractivity contribution in [1.29, 1.82) is 0 Å². The Bertz CT molecular complexity index is 1160. The summed E-state index contributed by atoms with van der Waals surface area (Å²) in [6.07, 6.45) is 0.974. The standard InChI is InChI=1S/C14H7ClF5N3O4S/c1-26-12-9-10(6(15)5-21-12)23(11-7(16)3-2-4-8(11)17)22-13(9)27-28(24,25)14(18,19)20/h2-5H,1H3. The van der Waals surface area contributed by atoms with Crippen molar-refractivity contribution in [3.63, 3.8) is 0 Å². The fourth-order valence-electron chi connectivity index (χ4n) is 2.27. The molecule has 0 saturated heterocycles. The highest BCUT2D eigenvalue weighted by Crippen LogP contribution is 2.40. The molecule has 0 saturated carbocycles. The smallest absolute Gasteiger partial charge is 0.480 e. The quantitative estimate of drug-likeness (QED) is 0.348. The Morgan fingerprint density at radius 2 is 1.75 bits per heavy atom. The van der Waals surface area contributed by atoms with E-state index in [1.165, 1.54) is 0 Å².